The number of fused-ring (bicyclic) bond motifs is 1. The van der Waals surface area contributed by atoms with Crippen molar-refractivity contribution in [3.63, 3.8) is 0 Å². The number of oxazole rings is 1. The van der Waals surface area contributed by atoms with Crippen LogP contribution in [0, 0.1) is 6.92 Å². The maximum absolute atomic E-state index is 12.2. The Kier molecular flexibility index (Phi) is 4.68. The van der Waals surface area contributed by atoms with Crippen LogP contribution >= 0.6 is 11.8 Å². The largest absolute Gasteiger partial charge is 0.497 e. The van der Waals surface area contributed by atoms with Crippen LogP contribution in [0.15, 0.2) is 62.9 Å². The van der Waals surface area contributed by atoms with Crippen LogP contribution < -0.4 is 10.3 Å². The normalized spacial score (nSPS) is 11.0. The maximum Gasteiger partial charge on any atom is 0.259 e. The van der Waals surface area contributed by atoms with Gasteiger partial charge >= 0.3 is 0 Å². The third-order valence-electron chi connectivity index (χ3n) is 4.17. The predicted molar refractivity (Wildman–Crippen MR) is 105 cm³/mol. The van der Waals surface area contributed by atoms with Crippen LogP contribution in [0.25, 0.3) is 22.4 Å². The van der Waals surface area contributed by atoms with Crippen molar-refractivity contribution in [1.29, 1.82) is 0 Å². The van der Waals surface area contributed by atoms with E-state index in [4.69, 9.17) is 9.15 Å². The number of aryl methyl sites for hydroxylation is 1. The van der Waals surface area contributed by atoms with Gasteiger partial charge in [-0.1, -0.05) is 23.9 Å². The van der Waals surface area contributed by atoms with E-state index < -0.39 is 0 Å². The summed E-state index contributed by atoms with van der Waals surface area (Å²) < 4.78 is 11.0. The van der Waals surface area contributed by atoms with Crippen molar-refractivity contribution >= 4 is 22.7 Å². The van der Waals surface area contributed by atoms with E-state index in [9.17, 15) is 4.79 Å². The molecule has 0 radical (unpaired) electrons. The molecule has 0 spiro atoms. The molecule has 136 valence electrons. The van der Waals surface area contributed by atoms with Crippen LogP contribution in [-0.2, 0) is 5.75 Å². The molecule has 0 aliphatic rings. The van der Waals surface area contributed by atoms with Gasteiger partial charge in [-0.15, -0.1) is 0 Å². The third kappa shape index (κ3) is 3.59. The molecule has 0 bridgehead atoms. The van der Waals surface area contributed by atoms with Gasteiger partial charge in [0.25, 0.3) is 5.56 Å². The molecule has 0 aliphatic heterocycles. The lowest BCUT2D eigenvalue weighted by Crippen LogP contribution is -2.08. The second kappa shape index (κ2) is 7.28. The van der Waals surface area contributed by atoms with Gasteiger partial charge < -0.3 is 14.1 Å². The number of hydrogen-bond acceptors (Lipinski definition) is 6. The highest BCUT2D eigenvalue weighted by Gasteiger charge is 2.13. The number of benzene rings is 2. The molecule has 1 N–H and O–H groups in total. The van der Waals surface area contributed by atoms with Gasteiger partial charge in [-0.25, -0.2) is 9.97 Å². The molecular weight excluding hydrogens is 362 g/mol. The summed E-state index contributed by atoms with van der Waals surface area (Å²) in [7, 11) is 1.63. The number of nitrogens with zero attached hydrogens (tertiary/aromatic N) is 2. The van der Waals surface area contributed by atoms with E-state index in [2.05, 4.69) is 15.0 Å². The Labute approximate surface area is 159 Å². The Balaban J connectivity index is 1.55. The fourth-order valence-corrected chi connectivity index (χ4v) is 3.56. The Bertz CT molecular complexity index is 1150. The Hall–Kier alpha value is -3.06. The molecule has 7 heteroatoms. The highest BCUT2D eigenvalue weighted by Crippen LogP contribution is 2.27. The number of rotatable bonds is 5. The number of H-pyrrole nitrogens is 1. The number of thioether (sulfide) groups is 1. The number of aromatic nitrogens is 3. The molecular formula is C20H17N3O3S. The molecule has 2 heterocycles. The predicted octanol–water partition coefficient (Wildman–Crippen LogP) is 4.19. The summed E-state index contributed by atoms with van der Waals surface area (Å²) in [5, 5.41) is 1.15. The fraction of sp³-hybridized carbons (Fsp3) is 0.150. The molecule has 0 amide bonds. The standard InChI is InChI=1S/C20H17N3O3S/c1-12-17(21-19(26-12)13-7-9-14(25-2)10-8-13)11-27-20-22-16-6-4-3-5-15(16)18(24)23-20/h3-10H,11H2,1-2H3,(H,22,23,24). The monoisotopic (exact) mass is 379 g/mol. The summed E-state index contributed by atoms with van der Waals surface area (Å²) in [4.78, 5) is 24.1. The zero-order valence-corrected chi connectivity index (χ0v) is 15.7. The molecule has 2 aromatic carbocycles. The molecule has 0 aliphatic carbocycles. The van der Waals surface area contributed by atoms with Gasteiger partial charge in [0, 0.05) is 11.3 Å². The molecule has 2 aromatic heterocycles. The SMILES string of the molecule is COc1ccc(-c2nc(CSc3nc4ccccc4c(=O)[nH]3)c(C)o2)cc1. The van der Waals surface area contributed by atoms with E-state index in [1.807, 2.05) is 49.4 Å². The zero-order valence-electron chi connectivity index (χ0n) is 14.9. The lowest BCUT2D eigenvalue weighted by atomic mass is 10.2. The summed E-state index contributed by atoms with van der Waals surface area (Å²) in [5.74, 6) is 2.64. The van der Waals surface area contributed by atoms with Gasteiger partial charge in [-0.3, -0.25) is 4.79 Å². The van der Waals surface area contributed by atoms with Crippen LogP contribution in [0.5, 0.6) is 5.75 Å². The van der Waals surface area contributed by atoms with Gasteiger partial charge in [-0.2, -0.15) is 0 Å². The molecule has 6 nitrogen and oxygen atoms in total. The summed E-state index contributed by atoms with van der Waals surface area (Å²) in [5.41, 5.74) is 2.24. The van der Waals surface area contributed by atoms with Crippen molar-refractivity contribution in [2.24, 2.45) is 0 Å². The number of nitrogens with one attached hydrogen (secondary N) is 1. The molecule has 0 fully saturated rings. The minimum absolute atomic E-state index is 0.140. The van der Waals surface area contributed by atoms with Crippen molar-refractivity contribution in [2.75, 3.05) is 7.11 Å². The first kappa shape index (κ1) is 17.4. The summed E-state index contributed by atoms with van der Waals surface area (Å²) in [6.45, 7) is 1.88. The lowest BCUT2D eigenvalue weighted by molar-refractivity contribution is 0.415. The minimum atomic E-state index is -0.140. The van der Waals surface area contributed by atoms with E-state index >= 15 is 0 Å². The first-order chi connectivity index (χ1) is 13.1. The molecule has 0 atom stereocenters. The number of methoxy groups -OCH3 is 1. The second-order valence-electron chi connectivity index (χ2n) is 5.93. The highest BCUT2D eigenvalue weighted by atomic mass is 32.2. The third-order valence-corrected chi connectivity index (χ3v) is 5.05. The molecule has 0 saturated heterocycles. The lowest BCUT2D eigenvalue weighted by Gasteiger charge is -2.01. The van der Waals surface area contributed by atoms with E-state index in [1.165, 1.54) is 11.8 Å². The first-order valence-corrected chi connectivity index (χ1v) is 9.35. The summed E-state index contributed by atoms with van der Waals surface area (Å²) >= 11 is 1.42. The number of aromatic amines is 1. The van der Waals surface area contributed by atoms with Gasteiger partial charge in [-0.05, 0) is 43.3 Å². The average molecular weight is 379 g/mol. The number of hydrogen-bond donors (Lipinski definition) is 1. The average Bonchev–Trinajstić information content (AvgIpc) is 3.07. The van der Waals surface area contributed by atoms with Gasteiger partial charge in [0.1, 0.15) is 11.5 Å². The number of ether oxygens (including phenoxy) is 1. The molecule has 0 saturated carbocycles. The van der Waals surface area contributed by atoms with E-state index in [0.717, 1.165) is 22.8 Å². The Morgan fingerprint density at radius 1 is 1.11 bits per heavy atom. The molecule has 4 aromatic rings. The van der Waals surface area contributed by atoms with Gasteiger partial charge in [0.05, 0.1) is 23.7 Å². The smallest absolute Gasteiger partial charge is 0.259 e. The minimum Gasteiger partial charge on any atom is -0.497 e. The van der Waals surface area contributed by atoms with Crippen LogP contribution in [0.4, 0.5) is 0 Å². The van der Waals surface area contributed by atoms with Gasteiger partial charge in [0.15, 0.2) is 5.16 Å². The molecule has 27 heavy (non-hydrogen) atoms. The van der Waals surface area contributed by atoms with E-state index in [1.54, 1.807) is 13.2 Å². The topological polar surface area (TPSA) is 81.0 Å². The van der Waals surface area contributed by atoms with Crippen molar-refractivity contribution < 1.29 is 9.15 Å². The Morgan fingerprint density at radius 2 is 1.89 bits per heavy atom. The number of para-hydroxylation sites is 1. The highest BCUT2D eigenvalue weighted by molar-refractivity contribution is 7.98. The summed E-state index contributed by atoms with van der Waals surface area (Å²) in [6, 6.07) is 14.8. The Morgan fingerprint density at radius 3 is 2.67 bits per heavy atom. The van der Waals surface area contributed by atoms with Gasteiger partial charge in [0.2, 0.25) is 5.89 Å². The van der Waals surface area contributed by atoms with Crippen LogP contribution in [0.3, 0.4) is 0 Å². The molecule has 4 rings (SSSR count). The second-order valence-corrected chi connectivity index (χ2v) is 6.89. The van der Waals surface area contributed by atoms with Crippen LogP contribution in [0.1, 0.15) is 11.5 Å². The fourth-order valence-electron chi connectivity index (χ4n) is 2.69. The molecule has 0 unspecified atom stereocenters. The van der Waals surface area contributed by atoms with Crippen LogP contribution in [0.2, 0.25) is 0 Å². The first-order valence-electron chi connectivity index (χ1n) is 8.36. The van der Waals surface area contributed by atoms with Crippen molar-refractivity contribution in [1.82, 2.24) is 15.0 Å². The van der Waals surface area contributed by atoms with E-state index in [0.29, 0.717) is 27.7 Å². The van der Waals surface area contributed by atoms with Crippen molar-refractivity contribution in [2.45, 2.75) is 17.8 Å². The van der Waals surface area contributed by atoms with Crippen molar-refractivity contribution in [3.05, 3.63) is 70.3 Å². The van der Waals surface area contributed by atoms with Crippen LogP contribution in [-0.4, -0.2) is 22.1 Å². The quantitative estimate of drug-likeness (QED) is 0.414. The van der Waals surface area contributed by atoms with E-state index in [-0.39, 0.29) is 5.56 Å². The summed E-state index contributed by atoms with van der Waals surface area (Å²) in [6.07, 6.45) is 0. The van der Waals surface area contributed by atoms with Crippen molar-refractivity contribution in [3.8, 4) is 17.2 Å². The zero-order chi connectivity index (χ0) is 18.8. The maximum atomic E-state index is 12.2.